The number of hydrogen-bond acceptors (Lipinski definition) is 0. The average Bonchev–Trinajstić information content (AvgIpc) is 4.00. The third kappa shape index (κ3) is 5.58. The summed E-state index contributed by atoms with van der Waals surface area (Å²) in [5.41, 5.74) is 20.5. The Hall–Kier alpha value is -3.31. The highest BCUT2D eigenvalue weighted by molar-refractivity contribution is 6.92. The molecule has 7 rings (SSSR count). The molecule has 5 aromatic rings. The molecule has 5 aromatic carbocycles. The summed E-state index contributed by atoms with van der Waals surface area (Å²) in [5.74, 6) is 7.80. The molecule has 0 amide bonds. The molecule has 2 saturated carbocycles. The highest BCUT2D eigenvalue weighted by atomic mass is 28.3. The van der Waals surface area contributed by atoms with Crippen molar-refractivity contribution in [2.24, 2.45) is 0 Å². The molecule has 2 aliphatic rings. The summed E-state index contributed by atoms with van der Waals surface area (Å²) < 4.78 is 0. The highest BCUT2D eigenvalue weighted by Gasteiger charge is 2.52. The Balaban J connectivity index is 1.49. The normalized spacial score (nSPS) is 15.5. The molecule has 0 N–H and O–H groups in total. The molecule has 2 fully saturated rings. The fraction of sp³-hybridized carbons (Fsp3) is 0.458. The van der Waals surface area contributed by atoms with E-state index in [0.717, 1.165) is 11.1 Å². The van der Waals surface area contributed by atoms with Gasteiger partial charge in [0, 0.05) is 11.1 Å². The molecule has 0 spiro atoms. The Kier molecular flexibility index (Phi) is 8.94. The summed E-state index contributed by atoms with van der Waals surface area (Å²) in [6.45, 7) is 28.7. The van der Waals surface area contributed by atoms with Crippen molar-refractivity contribution in [3.63, 3.8) is 0 Å². The van der Waals surface area contributed by atoms with Crippen LogP contribution >= 0.6 is 0 Å². The van der Waals surface area contributed by atoms with Crippen LogP contribution in [-0.2, 0) is 0 Å². The van der Waals surface area contributed by atoms with Crippen molar-refractivity contribution < 1.29 is 0 Å². The molecule has 0 atom stereocenters. The predicted molar refractivity (Wildman–Crippen MR) is 227 cm³/mol. The first-order valence-electron chi connectivity index (χ1n) is 19.6. The minimum atomic E-state index is -1.79. The molecule has 0 heterocycles. The van der Waals surface area contributed by atoms with Gasteiger partial charge in [-0.15, -0.1) is 11.1 Å². The molecule has 2 heteroatoms. The lowest BCUT2D eigenvalue weighted by Gasteiger charge is -2.34. The van der Waals surface area contributed by atoms with Gasteiger partial charge in [-0.1, -0.05) is 92.9 Å². The van der Waals surface area contributed by atoms with Crippen molar-refractivity contribution in [3.8, 4) is 22.9 Å². The van der Waals surface area contributed by atoms with Crippen molar-refractivity contribution >= 4 is 59.2 Å². The average molecular weight is 691 g/mol. The maximum Gasteiger partial charge on any atom is 0.147 e. The topological polar surface area (TPSA) is 0 Å². The molecule has 2 aliphatic carbocycles. The number of rotatable bonds is 6. The van der Waals surface area contributed by atoms with E-state index in [1.165, 1.54) is 102 Å². The zero-order chi connectivity index (χ0) is 35.9. The fourth-order valence-corrected chi connectivity index (χ4v) is 21.1. The van der Waals surface area contributed by atoms with Gasteiger partial charge in [0.1, 0.15) is 16.1 Å². The van der Waals surface area contributed by atoms with Crippen LogP contribution in [0.4, 0.5) is 0 Å². The first-order valence-corrected chi connectivity index (χ1v) is 24.1. The predicted octanol–water partition coefficient (Wildman–Crippen LogP) is 14.2. The van der Waals surface area contributed by atoms with Crippen LogP contribution < -0.4 is 0 Å². The Morgan fingerprint density at radius 1 is 0.440 bits per heavy atom. The van der Waals surface area contributed by atoms with E-state index in [2.05, 4.69) is 155 Å². The maximum atomic E-state index is 4.11. The maximum absolute atomic E-state index is 4.11. The minimum Gasteiger partial charge on any atom is -0.125 e. The molecular formula is C48H58Si2. The lowest BCUT2D eigenvalue weighted by molar-refractivity contribution is 0.891. The number of hydrogen-bond donors (Lipinski definition) is 0. The third-order valence-electron chi connectivity index (χ3n) is 13.7. The summed E-state index contributed by atoms with van der Waals surface area (Å²) in [4.78, 5) is 0. The SMILES string of the molecule is Cc1c(C)c(C)c2cc3cc4cc5c(C#C[Si](C(C)C)(C(C)C)C6CC6)ccc(C#C[Si](C(C)C)(C(C)C)C6CC6)c5cc4cc3cc2c1C. The van der Waals surface area contributed by atoms with Crippen molar-refractivity contribution in [1.82, 2.24) is 0 Å². The van der Waals surface area contributed by atoms with E-state index in [4.69, 9.17) is 0 Å². The van der Waals surface area contributed by atoms with E-state index >= 15 is 0 Å². The van der Waals surface area contributed by atoms with Crippen LogP contribution in [-0.4, -0.2) is 16.1 Å². The zero-order valence-corrected chi connectivity index (χ0v) is 34.9. The van der Waals surface area contributed by atoms with E-state index < -0.39 is 16.1 Å². The van der Waals surface area contributed by atoms with Gasteiger partial charge in [0.25, 0.3) is 0 Å². The van der Waals surface area contributed by atoms with Gasteiger partial charge in [-0.25, -0.2) is 0 Å². The molecule has 0 saturated heterocycles. The second kappa shape index (κ2) is 12.7. The molecule has 0 unspecified atom stereocenters. The van der Waals surface area contributed by atoms with Crippen molar-refractivity contribution in [3.05, 3.63) is 81.9 Å². The summed E-state index contributed by atoms with van der Waals surface area (Å²) >= 11 is 0. The Morgan fingerprint density at radius 3 is 1.02 bits per heavy atom. The van der Waals surface area contributed by atoms with Gasteiger partial charge in [-0.2, -0.15) is 0 Å². The van der Waals surface area contributed by atoms with Crippen LogP contribution in [0.2, 0.25) is 33.2 Å². The molecule has 50 heavy (non-hydrogen) atoms. The van der Waals surface area contributed by atoms with E-state index in [1.807, 2.05) is 0 Å². The second-order valence-corrected chi connectivity index (χ2v) is 28.0. The molecule has 0 radical (unpaired) electrons. The molecule has 0 aromatic heterocycles. The minimum absolute atomic E-state index is 0.660. The van der Waals surface area contributed by atoms with Crippen LogP contribution in [0.5, 0.6) is 0 Å². The first kappa shape index (κ1) is 35.1. The standard InChI is InChI=1S/C48H58Si2/c1-29(2)49(30(3)4,43-15-16-43)21-19-37-13-14-38(20-22-50(31(5)6,32(7)8)44-17-18-44)48-28-42-24-40-26-46-36(12)34(10)33(9)35(11)45(46)25-39(40)23-41(42)27-47(37)48/h13-14,23-32,43-44H,15-18H2,1-12H3. The first-order chi connectivity index (χ1) is 23.7. The van der Waals surface area contributed by atoms with E-state index in [0.29, 0.717) is 22.2 Å². The number of aryl methyl sites for hydroxylation is 2. The van der Waals surface area contributed by atoms with E-state index in [9.17, 15) is 0 Å². The Morgan fingerprint density at radius 2 is 0.740 bits per heavy atom. The third-order valence-corrected chi connectivity index (χ3v) is 26.3. The van der Waals surface area contributed by atoms with Crippen LogP contribution in [0.15, 0.2) is 48.5 Å². The van der Waals surface area contributed by atoms with Gasteiger partial charge < -0.3 is 0 Å². The zero-order valence-electron chi connectivity index (χ0n) is 32.9. The molecule has 0 aliphatic heterocycles. The molecule has 0 bridgehead atoms. The van der Waals surface area contributed by atoms with Gasteiger partial charge in [-0.05, 0) is 175 Å². The lowest BCUT2D eigenvalue weighted by Crippen LogP contribution is -2.40. The van der Waals surface area contributed by atoms with Crippen molar-refractivity contribution in [2.45, 2.75) is 142 Å². The Labute approximate surface area is 304 Å². The van der Waals surface area contributed by atoms with Gasteiger partial charge >= 0.3 is 0 Å². The summed E-state index contributed by atoms with van der Waals surface area (Å²) in [6, 6.07) is 19.3. The van der Waals surface area contributed by atoms with Gasteiger partial charge in [-0.3, -0.25) is 0 Å². The summed E-state index contributed by atoms with van der Waals surface area (Å²) in [5, 5.41) is 10.5. The van der Waals surface area contributed by atoms with Gasteiger partial charge in [0.05, 0.1) is 0 Å². The van der Waals surface area contributed by atoms with Gasteiger partial charge in [0.15, 0.2) is 0 Å². The van der Waals surface area contributed by atoms with E-state index in [-0.39, 0.29) is 0 Å². The Bertz CT molecular complexity index is 2110. The lowest BCUT2D eigenvalue weighted by atomic mass is 9.89. The number of benzene rings is 5. The van der Waals surface area contributed by atoms with Gasteiger partial charge in [0.2, 0.25) is 0 Å². The fourth-order valence-electron chi connectivity index (χ4n) is 10.2. The summed E-state index contributed by atoms with van der Waals surface area (Å²) in [6.07, 6.45) is 5.48. The second-order valence-electron chi connectivity index (χ2n) is 17.5. The number of fused-ring (bicyclic) bond motifs is 4. The smallest absolute Gasteiger partial charge is 0.125 e. The van der Waals surface area contributed by atoms with Crippen molar-refractivity contribution in [1.29, 1.82) is 0 Å². The highest BCUT2D eigenvalue weighted by Crippen LogP contribution is 2.55. The molecule has 258 valence electrons. The van der Waals surface area contributed by atoms with Crippen LogP contribution in [0.3, 0.4) is 0 Å². The quantitative estimate of drug-likeness (QED) is 0.0945. The van der Waals surface area contributed by atoms with Crippen LogP contribution in [0, 0.1) is 50.6 Å². The molecular weight excluding hydrogens is 633 g/mol. The molecule has 0 nitrogen and oxygen atoms in total. The van der Waals surface area contributed by atoms with Crippen LogP contribution in [0.25, 0.3) is 43.1 Å². The monoisotopic (exact) mass is 690 g/mol. The van der Waals surface area contributed by atoms with E-state index in [1.54, 1.807) is 0 Å². The largest absolute Gasteiger partial charge is 0.147 e. The van der Waals surface area contributed by atoms with Crippen molar-refractivity contribution in [2.75, 3.05) is 0 Å². The van der Waals surface area contributed by atoms with Crippen LogP contribution in [0.1, 0.15) is 114 Å². The summed E-state index contributed by atoms with van der Waals surface area (Å²) in [7, 11) is -3.58.